The van der Waals surface area contributed by atoms with Crippen molar-refractivity contribution in [2.45, 2.75) is 6.92 Å². The number of aromatic nitrogens is 2. The summed E-state index contributed by atoms with van der Waals surface area (Å²) in [6, 6.07) is 5.81. The van der Waals surface area contributed by atoms with Gasteiger partial charge in [0.05, 0.1) is 17.6 Å². The SMILES string of the molecule is CSOc1ccc2ncnc(C)c2c1. The highest BCUT2D eigenvalue weighted by Gasteiger charge is 2.01. The van der Waals surface area contributed by atoms with Crippen molar-refractivity contribution in [1.82, 2.24) is 9.97 Å². The molecule has 0 fully saturated rings. The number of aryl methyl sites for hydroxylation is 1. The van der Waals surface area contributed by atoms with Crippen LogP contribution in [0.3, 0.4) is 0 Å². The molecular formula is C10H10N2OS. The van der Waals surface area contributed by atoms with Crippen molar-refractivity contribution in [1.29, 1.82) is 0 Å². The van der Waals surface area contributed by atoms with Crippen LogP contribution in [-0.4, -0.2) is 16.2 Å². The molecule has 1 aromatic carbocycles. The van der Waals surface area contributed by atoms with E-state index in [-0.39, 0.29) is 0 Å². The summed E-state index contributed by atoms with van der Waals surface area (Å²) in [7, 11) is 0. The van der Waals surface area contributed by atoms with Crippen molar-refractivity contribution >= 4 is 22.9 Å². The largest absolute Gasteiger partial charge is 0.426 e. The molecule has 0 aliphatic rings. The van der Waals surface area contributed by atoms with E-state index in [2.05, 4.69) is 9.97 Å². The molecule has 0 bridgehead atoms. The zero-order chi connectivity index (χ0) is 9.97. The second-order valence-corrected chi connectivity index (χ2v) is 3.39. The van der Waals surface area contributed by atoms with Gasteiger partial charge in [0.15, 0.2) is 0 Å². The normalized spacial score (nSPS) is 10.4. The summed E-state index contributed by atoms with van der Waals surface area (Å²) < 4.78 is 5.33. The minimum Gasteiger partial charge on any atom is -0.426 e. The molecule has 2 rings (SSSR count). The fourth-order valence-corrected chi connectivity index (χ4v) is 1.61. The summed E-state index contributed by atoms with van der Waals surface area (Å²) in [4.78, 5) is 8.30. The van der Waals surface area contributed by atoms with Gasteiger partial charge in [-0.2, -0.15) is 0 Å². The molecule has 2 aromatic rings. The average molecular weight is 206 g/mol. The molecule has 0 saturated heterocycles. The van der Waals surface area contributed by atoms with E-state index in [0.717, 1.165) is 22.3 Å². The lowest BCUT2D eigenvalue weighted by atomic mass is 10.2. The van der Waals surface area contributed by atoms with E-state index in [0.29, 0.717) is 0 Å². The molecule has 0 atom stereocenters. The Morgan fingerprint density at radius 1 is 1.29 bits per heavy atom. The van der Waals surface area contributed by atoms with Gasteiger partial charge in [0.1, 0.15) is 12.1 Å². The molecule has 0 radical (unpaired) electrons. The van der Waals surface area contributed by atoms with Crippen LogP contribution in [0.2, 0.25) is 0 Å². The van der Waals surface area contributed by atoms with Gasteiger partial charge < -0.3 is 4.18 Å². The molecule has 0 saturated carbocycles. The van der Waals surface area contributed by atoms with Crippen molar-refractivity contribution in [3.05, 3.63) is 30.2 Å². The summed E-state index contributed by atoms with van der Waals surface area (Å²) in [6.07, 6.45) is 3.46. The fraction of sp³-hybridized carbons (Fsp3) is 0.200. The van der Waals surface area contributed by atoms with Crippen LogP contribution in [0.25, 0.3) is 10.9 Å². The summed E-state index contributed by atoms with van der Waals surface area (Å²) in [5.41, 5.74) is 1.92. The van der Waals surface area contributed by atoms with Crippen LogP contribution < -0.4 is 4.18 Å². The van der Waals surface area contributed by atoms with Crippen molar-refractivity contribution in [3.63, 3.8) is 0 Å². The average Bonchev–Trinajstić information content (AvgIpc) is 2.20. The third-order valence-electron chi connectivity index (χ3n) is 1.99. The highest BCUT2D eigenvalue weighted by atomic mass is 32.2. The molecule has 72 valence electrons. The zero-order valence-electron chi connectivity index (χ0n) is 8.02. The Morgan fingerprint density at radius 2 is 2.14 bits per heavy atom. The van der Waals surface area contributed by atoms with Gasteiger partial charge in [-0.05, 0) is 25.1 Å². The van der Waals surface area contributed by atoms with Crippen LogP contribution in [0.15, 0.2) is 24.5 Å². The van der Waals surface area contributed by atoms with Crippen LogP contribution in [0.4, 0.5) is 0 Å². The maximum absolute atomic E-state index is 5.33. The minimum absolute atomic E-state index is 0.836. The number of hydrogen-bond donors (Lipinski definition) is 0. The first-order valence-electron chi connectivity index (χ1n) is 4.23. The van der Waals surface area contributed by atoms with Crippen molar-refractivity contribution in [2.24, 2.45) is 0 Å². The number of rotatable bonds is 2. The Balaban J connectivity index is 2.58. The maximum Gasteiger partial charge on any atom is 0.138 e. The number of benzene rings is 1. The maximum atomic E-state index is 5.33. The molecule has 0 aliphatic heterocycles. The minimum atomic E-state index is 0.836. The van der Waals surface area contributed by atoms with E-state index in [1.54, 1.807) is 6.33 Å². The lowest BCUT2D eigenvalue weighted by Gasteiger charge is -2.03. The van der Waals surface area contributed by atoms with Gasteiger partial charge in [0, 0.05) is 17.3 Å². The van der Waals surface area contributed by atoms with Crippen molar-refractivity contribution in [3.8, 4) is 5.75 Å². The Labute approximate surface area is 86.7 Å². The fourth-order valence-electron chi connectivity index (χ4n) is 1.31. The number of nitrogens with zero attached hydrogens (tertiary/aromatic N) is 2. The van der Waals surface area contributed by atoms with Gasteiger partial charge in [0.2, 0.25) is 0 Å². The molecule has 14 heavy (non-hydrogen) atoms. The summed E-state index contributed by atoms with van der Waals surface area (Å²) in [5, 5.41) is 1.04. The quantitative estimate of drug-likeness (QED) is 0.707. The van der Waals surface area contributed by atoms with Gasteiger partial charge in [0.25, 0.3) is 0 Å². The van der Waals surface area contributed by atoms with E-state index in [1.165, 1.54) is 12.0 Å². The highest BCUT2D eigenvalue weighted by molar-refractivity contribution is 7.94. The van der Waals surface area contributed by atoms with Crippen LogP contribution in [-0.2, 0) is 0 Å². The first-order valence-corrected chi connectivity index (χ1v) is 5.38. The topological polar surface area (TPSA) is 35.0 Å². The molecule has 0 aliphatic carbocycles. The first kappa shape index (κ1) is 9.27. The van der Waals surface area contributed by atoms with Gasteiger partial charge in [-0.25, -0.2) is 9.97 Å². The second kappa shape index (κ2) is 3.84. The third kappa shape index (κ3) is 1.65. The Kier molecular flexibility index (Phi) is 2.54. The van der Waals surface area contributed by atoms with Crippen LogP contribution >= 0.6 is 12.0 Å². The predicted octanol–water partition coefficient (Wildman–Crippen LogP) is 2.60. The highest BCUT2D eigenvalue weighted by Crippen LogP contribution is 2.22. The van der Waals surface area contributed by atoms with E-state index >= 15 is 0 Å². The molecule has 1 heterocycles. The Hall–Kier alpha value is -1.29. The van der Waals surface area contributed by atoms with E-state index < -0.39 is 0 Å². The van der Waals surface area contributed by atoms with Crippen LogP contribution in [0.1, 0.15) is 5.69 Å². The summed E-state index contributed by atoms with van der Waals surface area (Å²) in [6.45, 7) is 1.97. The molecule has 0 N–H and O–H groups in total. The predicted molar refractivity (Wildman–Crippen MR) is 58.4 cm³/mol. The summed E-state index contributed by atoms with van der Waals surface area (Å²) in [5.74, 6) is 0.836. The monoisotopic (exact) mass is 206 g/mol. The Morgan fingerprint density at radius 3 is 2.93 bits per heavy atom. The van der Waals surface area contributed by atoms with Crippen molar-refractivity contribution in [2.75, 3.05) is 6.26 Å². The molecule has 0 unspecified atom stereocenters. The van der Waals surface area contributed by atoms with Gasteiger partial charge in [-0.3, -0.25) is 0 Å². The third-order valence-corrected chi connectivity index (χ3v) is 2.34. The molecule has 4 heteroatoms. The van der Waals surface area contributed by atoms with Crippen molar-refractivity contribution < 1.29 is 4.18 Å². The van der Waals surface area contributed by atoms with E-state index in [9.17, 15) is 0 Å². The zero-order valence-corrected chi connectivity index (χ0v) is 8.84. The summed E-state index contributed by atoms with van der Waals surface area (Å²) >= 11 is 1.33. The van der Waals surface area contributed by atoms with Crippen LogP contribution in [0, 0.1) is 6.92 Å². The molecular weight excluding hydrogens is 196 g/mol. The van der Waals surface area contributed by atoms with Crippen LogP contribution in [0.5, 0.6) is 5.75 Å². The van der Waals surface area contributed by atoms with Gasteiger partial charge in [-0.15, -0.1) is 0 Å². The molecule has 3 nitrogen and oxygen atoms in total. The van der Waals surface area contributed by atoms with E-state index in [1.807, 2.05) is 31.4 Å². The second-order valence-electron chi connectivity index (χ2n) is 2.89. The molecule has 1 aromatic heterocycles. The first-order chi connectivity index (χ1) is 6.81. The molecule has 0 amide bonds. The standard InChI is InChI=1S/C10H10N2OS/c1-7-9-5-8(13-14-2)3-4-10(9)12-6-11-7/h3-6H,1-2H3. The Bertz CT molecular complexity index is 459. The van der Waals surface area contributed by atoms with E-state index in [4.69, 9.17) is 4.18 Å². The van der Waals surface area contributed by atoms with Gasteiger partial charge in [-0.1, -0.05) is 0 Å². The van der Waals surface area contributed by atoms with Gasteiger partial charge >= 0.3 is 0 Å². The molecule has 0 spiro atoms. The lowest BCUT2D eigenvalue weighted by molar-refractivity contribution is 0.651. The number of fused-ring (bicyclic) bond motifs is 1. The number of hydrogen-bond acceptors (Lipinski definition) is 4. The lowest BCUT2D eigenvalue weighted by Crippen LogP contribution is -1.88. The smallest absolute Gasteiger partial charge is 0.138 e.